The number of esters is 1. The topological polar surface area (TPSA) is 56.1 Å². The first-order valence-electron chi connectivity index (χ1n) is 4.60. The molecule has 1 fully saturated rings. The number of ether oxygens (including phenoxy) is 1. The van der Waals surface area contributed by atoms with Gasteiger partial charge in [-0.15, -0.1) is 0 Å². The summed E-state index contributed by atoms with van der Waals surface area (Å²) in [4.78, 5) is 11.2. The van der Waals surface area contributed by atoms with Crippen LogP contribution in [-0.2, 0) is 16.6 Å². The molecule has 1 aliphatic rings. The van der Waals surface area contributed by atoms with E-state index in [2.05, 4.69) is 10.4 Å². The highest BCUT2D eigenvalue weighted by Gasteiger charge is 2.26. The van der Waals surface area contributed by atoms with Crippen molar-refractivity contribution in [2.45, 2.75) is 19.4 Å². The van der Waals surface area contributed by atoms with Gasteiger partial charge in [-0.2, -0.15) is 5.10 Å². The predicted octanol–water partition coefficient (Wildman–Crippen LogP) is 0.456. The molecule has 1 saturated heterocycles. The number of nitrogens with one attached hydrogen (secondary N) is 1. The van der Waals surface area contributed by atoms with Crippen molar-refractivity contribution in [1.82, 2.24) is 9.78 Å². The first-order chi connectivity index (χ1) is 6.66. The van der Waals surface area contributed by atoms with E-state index in [1.165, 1.54) is 0 Å². The van der Waals surface area contributed by atoms with E-state index >= 15 is 0 Å². The molecule has 1 aromatic heterocycles. The third-order valence-electron chi connectivity index (χ3n) is 2.28. The Hall–Kier alpha value is -1.52. The van der Waals surface area contributed by atoms with E-state index in [1.807, 2.05) is 20.2 Å². The van der Waals surface area contributed by atoms with Crippen LogP contribution in [0.2, 0.25) is 0 Å². The molecule has 76 valence electrons. The summed E-state index contributed by atoms with van der Waals surface area (Å²) in [6.07, 6.45) is 2.59. The van der Waals surface area contributed by atoms with Gasteiger partial charge in [-0.1, -0.05) is 0 Å². The fourth-order valence-electron chi connectivity index (χ4n) is 1.56. The Morgan fingerprint density at radius 3 is 3.00 bits per heavy atom. The summed E-state index contributed by atoms with van der Waals surface area (Å²) in [5.41, 5.74) is 1.79. The van der Waals surface area contributed by atoms with Gasteiger partial charge in [0, 0.05) is 19.7 Å². The molecule has 5 heteroatoms. The van der Waals surface area contributed by atoms with Gasteiger partial charge in [0.05, 0.1) is 18.0 Å². The Labute approximate surface area is 82.0 Å². The summed E-state index contributed by atoms with van der Waals surface area (Å²) in [5, 5.41) is 7.30. The van der Waals surface area contributed by atoms with Crippen molar-refractivity contribution < 1.29 is 9.53 Å². The summed E-state index contributed by atoms with van der Waals surface area (Å²) in [6.45, 7) is 2.42. The molecule has 0 radical (unpaired) electrons. The maximum absolute atomic E-state index is 11.2. The largest absolute Gasteiger partial charge is 0.464 e. The molecule has 2 heterocycles. The quantitative estimate of drug-likeness (QED) is 0.696. The normalized spacial score (nSPS) is 21.0. The number of carbonyl (C=O) groups is 1. The van der Waals surface area contributed by atoms with Crippen LogP contribution in [0, 0.1) is 6.92 Å². The lowest BCUT2D eigenvalue weighted by atomic mass is 10.2. The Morgan fingerprint density at radius 1 is 1.71 bits per heavy atom. The van der Waals surface area contributed by atoms with Crippen molar-refractivity contribution in [3.05, 3.63) is 11.9 Å². The fraction of sp³-hybridized carbons (Fsp3) is 0.556. The predicted molar refractivity (Wildman–Crippen MR) is 50.9 cm³/mol. The van der Waals surface area contributed by atoms with E-state index in [-0.39, 0.29) is 12.0 Å². The van der Waals surface area contributed by atoms with E-state index in [4.69, 9.17) is 4.74 Å². The maximum Gasteiger partial charge on any atom is 0.328 e. The average Bonchev–Trinajstić information content (AvgIpc) is 2.62. The van der Waals surface area contributed by atoms with E-state index in [1.54, 1.807) is 4.68 Å². The number of carbonyl (C=O) groups excluding carboxylic acids is 1. The van der Waals surface area contributed by atoms with Gasteiger partial charge in [0.2, 0.25) is 0 Å². The summed E-state index contributed by atoms with van der Waals surface area (Å²) >= 11 is 0. The molecule has 0 bridgehead atoms. The lowest BCUT2D eigenvalue weighted by Gasteiger charge is -2.07. The van der Waals surface area contributed by atoms with Crippen molar-refractivity contribution in [1.29, 1.82) is 0 Å². The van der Waals surface area contributed by atoms with E-state index in [9.17, 15) is 4.79 Å². The molecule has 0 amide bonds. The van der Waals surface area contributed by atoms with Gasteiger partial charge in [-0.3, -0.25) is 4.68 Å². The first-order valence-corrected chi connectivity index (χ1v) is 4.60. The first kappa shape index (κ1) is 9.05. The molecule has 0 saturated carbocycles. The fourth-order valence-corrected chi connectivity index (χ4v) is 1.56. The SMILES string of the molecule is Cc1nn(C)cc1NC1CCOC1=O. The summed E-state index contributed by atoms with van der Waals surface area (Å²) in [7, 11) is 1.85. The lowest BCUT2D eigenvalue weighted by Crippen LogP contribution is -2.24. The second kappa shape index (κ2) is 3.32. The summed E-state index contributed by atoms with van der Waals surface area (Å²) in [5.74, 6) is -0.173. The Kier molecular flexibility index (Phi) is 2.15. The van der Waals surface area contributed by atoms with Crippen LogP contribution in [0.5, 0.6) is 0 Å². The zero-order chi connectivity index (χ0) is 10.1. The summed E-state index contributed by atoms with van der Waals surface area (Å²) < 4.78 is 6.58. The molecule has 2 rings (SSSR count). The van der Waals surface area contributed by atoms with Crippen LogP contribution in [0.3, 0.4) is 0 Å². The molecule has 14 heavy (non-hydrogen) atoms. The van der Waals surface area contributed by atoms with Gasteiger partial charge in [-0.25, -0.2) is 4.79 Å². The molecule has 0 aromatic carbocycles. The van der Waals surface area contributed by atoms with Crippen LogP contribution >= 0.6 is 0 Å². The smallest absolute Gasteiger partial charge is 0.328 e. The lowest BCUT2D eigenvalue weighted by molar-refractivity contribution is -0.138. The van der Waals surface area contributed by atoms with E-state index in [0.717, 1.165) is 17.8 Å². The van der Waals surface area contributed by atoms with Crippen molar-refractivity contribution in [2.75, 3.05) is 11.9 Å². The van der Waals surface area contributed by atoms with Crippen LogP contribution in [-0.4, -0.2) is 28.4 Å². The van der Waals surface area contributed by atoms with Crippen LogP contribution in [0.25, 0.3) is 0 Å². The van der Waals surface area contributed by atoms with Gasteiger partial charge in [0.15, 0.2) is 0 Å². The monoisotopic (exact) mass is 195 g/mol. The molecule has 0 spiro atoms. The third kappa shape index (κ3) is 1.57. The Morgan fingerprint density at radius 2 is 2.50 bits per heavy atom. The number of anilines is 1. The number of aromatic nitrogens is 2. The van der Waals surface area contributed by atoms with Gasteiger partial charge in [0.1, 0.15) is 6.04 Å². The van der Waals surface area contributed by atoms with Gasteiger partial charge in [0.25, 0.3) is 0 Å². The van der Waals surface area contributed by atoms with Crippen molar-refractivity contribution in [3.8, 4) is 0 Å². The zero-order valence-corrected chi connectivity index (χ0v) is 8.28. The second-order valence-corrected chi connectivity index (χ2v) is 3.45. The molecular formula is C9H13N3O2. The average molecular weight is 195 g/mol. The number of nitrogens with zero attached hydrogens (tertiary/aromatic N) is 2. The second-order valence-electron chi connectivity index (χ2n) is 3.45. The molecular weight excluding hydrogens is 182 g/mol. The van der Waals surface area contributed by atoms with Crippen LogP contribution in [0.1, 0.15) is 12.1 Å². The number of cyclic esters (lactones) is 1. The highest BCUT2D eigenvalue weighted by Crippen LogP contribution is 2.17. The van der Waals surface area contributed by atoms with Crippen molar-refractivity contribution in [3.63, 3.8) is 0 Å². The molecule has 0 aliphatic carbocycles. The number of hydrogen-bond donors (Lipinski definition) is 1. The van der Waals surface area contributed by atoms with Crippen LogP contribution < -0.4 is 5.32 Å². The third-order valence-corrected chi connectivity index (χ3v) is 2.28. The molecule has 5 nitrogen and oxygen atoms in total. The van der Waals surface area contributed by atoms with Gasteiger partial charge >= 0.3 is 5.97 Å². The van der Waals surface area contributed by atoms with E-state index < -0.39 is 0 Å². The molecule has 1 N–H and O–H groups in total. The minimum Gasteiger partial charge on any atom is -0.464 e. The minimum atomic E-state index is -0.210. The summed E-state index contributed by atoms with van der Waals surface area (Å²) in [6, 6.07) is -0.210. The molecule has 1 aromatic rings. The Balaban J connectivity index is 2.10. The van der Waals surface area contributed by atoms with Crippen molar-refractivity contribution >= 4 is 11.7 Å². The highest BCUT2D eigenvalue weighted by atomic mass is 16.5. The Bertz CT molecular complexity index is 359. The van der Waals surface area contributed by atoms with Gasteiger partial charge in [-0.05, 0) is 6.92 Å². The number of rotatable bonds is 2. The molecule has 1 unspecified atom stereocenters. The number of aryl methyl sites for hydroxylation is 2. The van der Waals surface area contributed by atoms with Crippen molar-refractivity contribution in [2.24, 2.45) is 7.05 Å². The van der Waals surface area contributed by atoms with Crippen LogP contribution in [0.4, 0.5) is 5.69 Å². The molecule has 1 atom stereocenters. The van der Waals surface area contributed by atoms with Crippen LogP contribution in [0.15, 0.2) is 6.20 Å². The maximum atomic E-state index is 11.2. The number of hydrogen-bond acceptors (Lipinski definition) is 4. The minimum absolute atomic E-state index is 0.173. The highest BCUT2D eigenvalue weighted by molar-refractivity contribution is 5.81. The van der Waals surface area contributed by atoms with E-state index in [0.29, 0.717) is 6.61 Å². The van der Waals surface area contributed by atoms with Gasteiger partial charge < -0.3 is 10.1 Å². The molecule has 1 aliphatic heterocycles. The zero-order valence-electron chi connectivity index (χ0n) is 8.28. The standard InChI is InChI=1S/C9H13N3O2/c1-6-8(5-12(2)11-6)10-7-3-4-14-9(7)13/h5,7,10H,3-4H2,1-2H3.